The van der Waals surface area contributed by atoms with Crippen molar-refractivity contribution in [2.75, 3.05) is 5.32 Å². The first-order chi connectivity index (χ1) is 15.4. The van der Waals surface area contributed by atoms with E-state index in [4.69, 9.17) is 0 Å². The van der Waals surface area contributed by atoms with Crippen LogP contribution < -0.4 is 5.32 Å². The van der Waals surface area contributed by atoms with Gasteiger partial charge in [-0.15, -0.1) is 0 Å². The first-order valence-electron chi connectivity index (χ1n) is 10.8. The molecule has 0 spiro atoms. The molecule has 1 nitrogen and oxygen atoms in total. The monoisotopic (exact) mass is 399 g/mol. The Kier molecular flexibility index (Phi) is 5.49. The van der Waals surface area contributed by atoms with Gasteiger partial charge in [-0.3, -0.25) is 0 Å². The summed E-state index contributed by atoms with van der Waals surface area (Å²) in [5, 5.41) is 3.65. The van der Waals surface area contributed by atoms with Crippen molar-refractivity contribution in [2.24, 2.45) is 0 Å². The van der Waals surface area contributed by atoms with Crippen molar-refractivity contribution < 1.29 is 0 Å². The van der Waals surface area contributed by atoms with Gasteiger partial charge in [-0.05, 0) is 64.9 Å². The number of anilines is 2. The molecule has 150 valence electrons. The highest BCUT2D eigenvalue weighted by Crippen LogP contribution is 2.35. The number of allylic oxidation sites excluding steroid dienone is 4. The largest absolute Gasteiger partial charge is 0.355 e. The summed E-state index contributed by atoms with van der Waals surface area (Å²) >= 11 is 0. The molecule has 0 fully saturated rings. The lowest BCUT2D eigenvalue weighted by atomic mass is 9.93. The Morgan fingerprint density at radius 2 is 1.23 bits per heavy atom. The summed E-state index contributed by atoms with van der Waals surface area (Å²) in [5.74, 6) is 0. The summed E-state index contributed by atoms with van der Waals surface area (Å²) in [6.07, 6.45) is 8.85. The van der Waals surface area contributed by atoms with Crippen LogP contribution in [-0.2, 0) is 0 Å². The van der Waals surface area contributed by atoms with Gasteiger partial charge in [-0.1, -0.05) is 97.1 Å². The minimum absolute atomic E-state index is 1.09. The Labute approximate surface area is 184 Å². The predicted molar refractivity (Wildman–Crippen MR) is 133 cm³/mol. The maximum atomic E-state index is 3.65. The minimum Gasteiger partial charge on any atom is -0.355 e. The van der Waals surface area contributed by atoms with Crippen molar-refractivity contribution >= 4 is 16.9 Å². The molecule has 0 amide bonds. The topological polar surface area (TPSA) is 12.0 Å². The highest BCUT2D eigenvalue weighted by molar-refractivity contribution is 5.85. The fraction of sp³-hybridized carbons (Fsp3) is 0.0667. The third-order valence-corrected chi connectivity index (χ3v) is 5.76. The molecule has 0 unspecified atom stereocenters. The molecule has 31 heavy (non-hydrogen) atoms. The Morgan fingerprint density at radius 3 is 1.90 bits per heavy atom. The molecular formula is C30H25N. The lowest BCUT2D eigenvalue weighted by Gasteiger charge is -2.17. The summed E-state index contributed by atoms with van der Waals surface area (Å²) in [6, 6.07) is 36.5. The maximum Gasteiger partial charge on any atom is 0.0464 e. The molecule has 0 saturated heterocycles. The highest BCUT2D eigenvalue weighted by atomic mass is 14.9. The summed E-state index contributed by atoms with van der Waals surface area (Å²) in [7, 11) is 0. The van der Waals surface area contributed by atoms with E-state index in [9.17, 15) is 0 Å². The number of nitrogens with one attached hydrogen (secondary N) is 1. The van der Waals surface area contributed by atoms with Crippen LogP contribution in [0.2, 0.25) is 0 Å². The Bertz CT molecular complexity index is 1220. The van der Waals surface area contributed by atoms with Gasteiger partial charge in [0.2, 0.25) is 0 Å². The SMILES string of the molecule is C1=CCCC(c2ccc(Nc3ccc(-c4ccccc4)cc3)c(-c3ccccc3)c2)=C1. The van der Waals surface area contributed by atoms with Gasteiger partial charge in [0.1, 0.15) is 0 Å². The van der Waals surface area contributed by atoms with E-state index < -0.39 is 0 Å². The second kappa shape index (κ2) is 8.89. The van der Waals surface area contributed by atoms with E-state index >= 15 is 0 Å². The van der Waals surface area contributed by atoms with Crippen LogP contribution in [-0.4, -0.2) is 0 Å². The van der Waals surface area contributed by atoms with E-state index in [1.807, 2.05) is 6.07 Å². The van der Waals surface area contributed by atoms with E-state index in [-0.39, 0.29) is 0 Å². The Balaban J connectivity index is 1.48. The predicted octanol–water partition coefficient (Wildman–Crippen LogP) is 8.50. The normalized spacial score (nSPS) is 13.0. The van der Waals surface area contributed by atoms with Crippen LogP contribution in [0.1, 0.15) is 18.4 Å². The van der Waals surface area contributed by atoms with Crippen LogP contribution in [0.25, 0.3) is 27.8 Å². The van der Waals surface area contributed by atoms with Gasteiger partial charge in [0.05, 0.1) is 0 Å². The zero-order chi connectivity index (χ0) is 20.9. The zero-order valence-electron chi connectivity index (χ0n) is 17.5. The fourth-order valence-corrected chi connectivity index (χ4v) is 4.08. The van der Waals surface area contributed by atoms with Crippen molar-refractivity contribution in [3.05, 3.63) is 127 Å². The van der Waals surface area contributed by atoms with E-state index in [0.717, 1.165) is 24.2 Å². The smallest absolute Gasteiger partial charge is 0.0464 e. The molecule has 0 saturated carbocycles. The van der Waals surface area contributed by atoms with Crippen molar-refractivity contribution in [1.29, 1.82) is 0 Å². The van der Waals surface area contributed by atoms with Crippen LogP contribution >= 0.6 is 0 Å². The molecule has 4 aromatic carbocycles. The standard InChI is InChI=1S/C30H25N/c1-4-10-23(11-5-1)25-16-19-28(20-17-25)31-30-21-18-27(24-12-6-2-7-13-24)22-29(30)26-14-8-3-9-15-26/h1-6,8-12,14-22,31H,7,13H2. The van der Waals surface area contributed by atoms with Crippen molar-refractivity contribution in [1.82, 2.24) is 0 Å². The summed E-state index contributed by atoms with van der Waals surface area (Å²) in [6.45, 7) is 0. The van der Waals surface area contributed by atoms with Crippen molar-refractivity contribution in [3.8, 4) is 22.3 Å². The van der Waals surface area contributed by atoms with Crippen molar-refractivity contribution in [3.63, 3.8) is 0 Å². The lowest BCUT2D eigenvalue weighted by Crippen LogP contribution is -1.96. The van der Waals surface area contributed by atoms with E-state index in [0.29, 0.717) is 0 Å². The third kappa shape index (κ3) is 4.36. The first-order valence-corrected chi connectivity index (χ1v) is 10.8. The van der Waals surface area contributed by atoms with Gasteiger partial charge in [0.15, 0.2) is 0 Å². The number of hydrogen-bond donors (Lipinski definition) is 1. The summed E-state index contributed by atoms with van der Waals surface area (Å²) in [4.78, 5) is 0. The lowest BCUT2D eigenvalue weighted by molar-refractivity contribution is 1.05. The fourth-order valence-electron chi connectivity index (χ4n) is 4.08. The highest BCUT2D eigenvalue weighted by Gasteiger charge is 2.10. The summed E-state index contributed by atoms with van der Waals surface area (Å²) < 4.78 is 0. The Hall–Kier alpha value is -3.84. The van der Waals surface area contributed by atoms with Gasteiger partial charge in [0, 0.05) is 16.9 Å². The van der Waals surface area contributed by atoms with Gasteiger partial charge >= 0.3 is 0 Å². The van der Waals surface area contributed by atoms with Crippen LogP contribution in [0.4, 0.5) is 11.4 Å². The second-order valence-corrected chi connectivity index (χ2v) is 7.85. The molecule has 0 atom stereocenters. The molecule has 1 N–H and O–H groups in total. The molecule has 0 aromatic heterocycles. The quantitative estimate of drug-likeness (QED) is 0.355. The minimum atomic E-state index is 1.09. The number of benzene rings is 4. The maximum absolute atomic E-state index is 3.65. The molecule has 0 radical (unpaired) electrons. The second-order valence-electron chi connectivity index (χ2n) is 7.85. The number of rotatable bonds is 5. The molecule has 0 aliphatic heterocycles. The van der Waals surface area contributed by atoms with Gasteiger partial charge in [0.25, 0.3) is 0 Å². The third-order valence-electron chi connectivity index (χ3n) is 5.76. The molecule has 1 heteroatoms. The van der Waals surface area contributed by atoms with Crippen LogP contribution in [0.5, 0.6) is 0 Å². The van der Waals surface area contributed by atoms with Crippen molar-refractivity contribution in [2.45, 2.75) is 12.8 Å². The Morgan fingerprint density at radius 1 is 0.581 bits per heavy atom. The zero-order valence-corrected chi connectivity index (χ0v) is 17.5. The molecule has 1 aliphatic rings. The molecule has 4 aromatic rings. The van der Waals surface area contributed by atoms with Gasteiger partial charge in [-0.2, -0.15) is 0 Å². The summed E-state index contributed by atoms with van der Waals surface area (Å²) in [5.41, 5.74) is 9.81. The van der Waals surface area contributed by atoms with E-state index in [1.54, 1.807) is 0 Å². The van der Waals surface area contributed by atoms with E-state index in [1.165, 1.54) is 33.4 Å². The molecule has 1 aliphatic carbocycles. The average Bonchev–Trinajstić information content (AvgIpc) is 2.86. The molecule has 0 bridgehead atoms. The molecular weight excluding hydrogens is 374 g/mol. The average molecular weight is 400 g/mol. The molecule has 5 rings (SSSR count). The van der Waals surface area contributed by atoms with E-state index in [2.05, 4.69) is 121 Å². The van der Waals surface area contributed by atoms with Gasteiger partial charge in [-0.25, -0.2) is 0 Å². The van der Waals surface area contributed by atoms with Gasteiger partial charge < -0.3 is 5.32 Å². The molecule has 0 heterocycles. The van der Waals surface area contributed by atoms with Crippen LogP contribution in [0.15, 0.2) is 121 Å². The van der Waals surface area contributed by atoms with Crippen LogP contribution in [0.3, 0.4) is 0 Å². The van der Waals surface area contributed by atoms with Crippen LogP contribution in [0, 0.1) is 0 Å². The number of hydrogen-bond acceptors (Lipinski definition) is 1. The first kappa shape index (κ1) is 19.1.